The first kappa shape index (κ1) is 17.6. The Morgan fingerprint density at radius 3 is 2.43 bits per heavy atom. The quantitative estimate of drug-likeness (QED) is 0.661. The average Bonchev–Trinajstić information content (AvgIpc) is 3.01. The number of nitriles is 1. The first-order chi connectivity index (χ1) is 10.6. The lowest BCUT2D eigenvalue weighted by Gasteiger charge is -2.29. The molecule has 0 saturated heterocycles. The molecule has 4 nitrogen and oxygen atoms in total. The number of carbonyl (C=O) groups is 1. The molecule has 3 atom stereocenters. The summed E-state index contributed by atoms with van der Waals surface area (Å²) in [6.07, 6.45) is 0. The summed E-state index contributed by atoms with van der Waals surface area (Å²) in [5, 5.41) is 7.43. The summed E-state index contributed by atoms with van der Waals surface area (Å²) in [7, 11) is -2.48. The molecular formula is C16H20F2N2O2Si. The third kappa shape index (κ3) is 2.66. The van der Waals surface area contributed by atoms with E-state index in [1.54, 1.807) is 56.0 Å². The number of hydrogen-bond acceptors (Lipinski definition) is 4. The van der Waals surface area contributed by atoms with Gasteiger partial charge in [0.1, 0.15) is 12.6 Å². The Morgan fingerprint density at radius 2 is 1.96 bits per heavy atom. The predicted molar refractivity (Wildman–Crippen MR) is 84.8 cm³/mol. The number of benzene rings is 1. The van der Waals surface area contributed by atoms with Gasteiger partial charge in [-0.1, -0.05) is 37.8 Å². The van der Waals surface area contributed by atoms with Gasteiger partial charge in [0.05, 0.1) is 30.7 Å². The number of esters is 1. The molecule has 1 aliphatic carbocycles. The van der Waals surface area contributed by atoms with Crippen LogP contribution >= 0.6 is 0 Å². The SMILES string of the molecule is C[Si](C)(C)C1(COC(=O)c2ccccc2)[C@@H]([C@H](N)C#N)C1(F)F. The Kier molecular flexibility index (Phi) is 4.35. The number of alkyl halides is 2. The number of ether oxygens (including phenoxy) is 1. The average molecular weight is 338 g/mol. The Bertz CT molecular complexity index is 640. The third-order valence-corrected chi connectivity index (χ3v) is 8.19. The van der Waals surface area contributed by atoms with E-state index in [1.165, 1.54) is 0 Å². The van der Waals surface area contributed by atoms with Crippen molar-refractivity contribution in [3.63, 3.8) is 0 Å². The molecule has 1 aliphatic rings. The van der Waals surface area contributed by atoms with Crippen LogP contribution in [-0.4, -0.2) is 32.6 Å². The van der Waals surface area contributed by atoms with Crippen molar-refractivity contribution in [3.8, 4) is 6.07 Å². The van der Waals surface area contributed by atoms with Gasteiger partial charge in [-0.2, -0.15) is 5.26 Å². The molecule has 1 saturated carbocycles. The van der Waals surface area contributed by atoms with Gasteiger partial charge < -0.3 is 10.5 Å². The highest BCUT2D eigenvalue weighted by molar-refractivity contribution is 6.80. The van der Waals surface area contributed by atoms with E-state index >= 15 is 0 Å². The van der Waals surface area contributed by atoms with E-state index in [2.05, 4.69) is 0 Å². The van der Waals surface area contributed by atoms with Crippen molar-refractivity contribution in [3.05, 3.63) is 35.9 Å². The first-order valence-corrected chi connectivity index (χ1v) is 10.8. The normalized spacial score (nSPS) is 26.9. The number of nitrogens with two attached hydrogens (primary N) is 1. The van der Waals surface area contributed by atoms with Gasteiger partial charge in [-0.05, 0) is 12.1 Å². The van der Waals surface area contributed by atoms with Crippen LogP contribution in [0.2, 0.25) is 24.7 Å². The molecule has 0 bridgehead atoms. The standard InChI is InChI=1S/C16H20F2N2O2Si/c1-23(2,3)15(13(12(20)9-19)16(15,17)18)10-22-14(21)11-7-5-4-6-8-11/h4-8,12-13H,10,20H2,1-3H3/t12-,13-,15?/m1/s1. The van der Waals surface area contributed by atoms with Crippen molar-refractivity contribution < 1.29 is 18.3 Å². The molecule has 2 rings (SSSR count). The maximum atomic E-state index is 14.5. The number of carbonyl (C=O) groups excluding carboxylic acids is 1. The van der Waals surface area contributed by atoms with Crippen LogP contribution < -0.4 is 5.73 Å². The lowest BCUT2D eigenvalue weighted by atomic mass is 10.2. The van der Waals surface area contributed by atoms with Crippen LogP contribution in [0.25, 0.3) is 0 Å². The summed E-state index contributed by atoms with van der Waals surface area (Å²) in [6, 6.07) is 8.65. The summed E-state index contributed by atoms with van der Waals surface area (Å²) in [4.78, 5) is 12.1. The van der Waals surface area contributed by atoms with E-state index in [1.807, 2.05) is 0 Å². The maximum Gasteiger partial charge on any atom is 0.338 e. The molecule has 0 radical (unpaired) electrons. The van der Waals surface area contributed by atoms with Gasteiger partial charge in [0, 0.05) is 0 Å². The molecule has 23 heavy (non-hydrogen) atoms. The van der Waals surface area contributed by atoms with Crippen molar-refractivity contribution in [2.24, 2.45) is 11.7 Å². The Labute approximate surface area is 135 Å². The zero-order valence-electron chi connectivity index (χ0n) is 13.3. The lowest BCUT2D eigenvalue weighted by Crippen LogP contribution is -2.39. The number of rotatable bonds is 5. The van der Waals surface area contributed by atoms with Gasteiger partial charge in [-0.3, -0.25) is 0 Å². The fraction of sp³-hybridized carbons (Fsp3) is 0.500. The van der Waals surface area contributed by atoms with Crippen molar-refractivity contribution in [1.29, 1.82) is 5.26 Å². The van der Waals surface area contributed by atoms with Crippen LogP contribution in [0.4, 0.5) is 8.78 Å². The number of halogens is 2. The van der Waals surface area contributed by atoms with Gasteiger partial charge in [0.15, 0.2) is 0 Å². The molecule has 124 valence electrons. The Balaban J connectivity index is 2.23. The fourth-order valence-electron chi connectivity index (χ4n) is 3.30. The van der Waals surface area contributed by atoms with Crippen molar-refractivity contribution in [2.45, 2.75) is 36.6 Å². The lowest BCUT2D eigenvalue weighted by molar-refractivity contribution is 0.0373. The smallest absolute Gasteiger partial charge is 0.338 e. The van der Waals surface area contributed by atoms with E-state index in [0.29, 0.717) is 5.56 Å². The minimum Gasteiger partial charge on any atom is -0.462 e. The Morgan fingerprint density at radius 1 is 1.39 bits per heavy atom. The molecular weight excluding hydrogens is 318 g/mol. The Hall–Kier alpha value is -1.78. The first-order valence-electron chi connectivity index (χ1n) is 7.35. The van der Waals surface area contributed by atoms with Crippen LogP contribution in [0.5, 0.6) is 0 Å². The van der Waals surface area contributed by atoms with Crippen LogP contribution in [0, 0.1) is 17.2 Å². The van der Waals surface area contributed by atoms with Gasteiger partial charge in [0.2, 0.25) is 0 Å². The molecule has 1 aromatic carbocycles. The summed E-state index contributed by atoms with van der Waals surface area (Å²) < 4.78 is 34.2. The van der Waals surface area contributed by atoms with Crippen LogP contribution in [-0.2, 0) is 4.74 Å². The fourth-order valence-corrected chi connectivity index (χ4v) is 6.18. The zero-order valence-corrected chi connectivity index (χ0v) is 14.3. The topological polar surface area (TPSA) is 76.1 Å². The number of nitrogens with zero attached hydrogens (tertiary/aromatic N) is 1. The van der Waals surface area contributed by atoms with E-state index < -0.39 is 43.6 Å². The van der Waals surface area contributed by atoms with Crippen LogP contribution in [0.1, 0.15) is 10.4 Å². The van der Waals surface area contributed by atoms with E-state index in [4.69, 9.17) is 15.7 Å². The predicted octanol–water partition coefficient (Wildman–Crippen LogP) is 3.04. The molecule has 1 unspecified atom stereocenters. The zero-order chi connectivity index (χ0) is 17.5. The minimum atomic E-state index is -3.09. The van der Waals surface area contributed by atoms with Crippen molar-refractivity contribution in [2.75, 3.05) is 6.61 Å². The second-order valence-corrected chi connectivity index (χ2v) is 12.3. The highest BCUT2D eigenvalue weighted by Gasteiger charge is 2.86. The second kappa shape index (κ2) is 5.69. The largest absolute Gasteiger partial charge is 0.462 e. The molecule has 0 amide bonds. The number of hydrogen-bond donors (Lipinski definition) is 1. The van der Waals surface area contributed by atoms with E-state index in [0.717, 1.165) is 0 Å². The molecule has 1 aromatic rings. The van der Waals surface area contributed by atoms with E-state index in [9.17, 15) is 13.6 Å². The van der Waals surface area contributed by atoms with Gasteiger partial charge >= 0.3 is 5.97 Å². The van der Waals surface area contributed by atoms with Gasteiger partial charge in [-0.25, -0.2) is 13.6 Å². The van der Waals surface area contributed by atoms with E-state index in [-0.39, 0.29) is 0 Å². The van der Waals surface area contributed by atoms with Gasteiger partial charge in [-0.15, -0.1) is 0 Å². The molecule has 0 aromatic heterocycles. The molecule has 0 spiro atoms. The third-order valence-electron chi connectivity index (χ3n) is 4.72. The summed E-state index contributed by atoms with van der Waals surface area (Å²) >= 11 is 0. The minimum absolute atomic E-state index is 0.309. The molecule has 0 heterocycles. The molecule has 1 fully saturated rings. The monoisotopic (exact) mass is 338 g/mol. The summed E-state index contributed by atoms with van der Waals surface area (Å²) in [5.41, 5.74) is 5.89. The maximum absolute atomic E-state index is 14.5. The van der Waals surface area contributed by atoms with Crippen LogP contribution in [0.15, 0.2) is 30.3 Å². The summed E-state index contributed by atoms with van der Waals surface area (Å²) in [5.74, 6) is -5.01. The van der Waals surface area contributed by atoms with Gasteiger partial charge in [0.25, 0.3) is 5.92 Å². The van der Waals surface area contributed by atoms with Crippen molar-refractivity contribution >= 4 is 14.0 Å². The highest BCUT2D eigenvalue weighted by atomic mass is 28.3. The highest BCUT2D eigenvalue weighted by Crippen LogP contribution is 2.77. The second-order valence-electron chi connectivity index (χ2n) is 6.92. The summed E-state index contributed by atoms with van der Waals surface area (Å²) in [6.45, 7) is 4.92. The molecule has 0 aliphatic heterocycles. The van der Waals surface area contributed by atoms with Crippen LogP contribution in [0.3, 0.4) is 0 Å². The molecule has 2 N–H and O–H groups in total. The van der Waals surface area contributed by atoms with Crippen molar-refractivity contribution in [1.82, 2.24) is 0 Å². The molecule has 7 heteroatoms.